The monoisotopic (exact) mass is 313 g/mol. The lowest BCUT2D eigenvalue weighted by atomic mass is 9.74. The predicted molar refractivity (Wildman–Crippen MR) is 77.4 cm³/mol. The molecule has 3 N–H and O–H groups in total. The second-order valence-corrected chi connectivity index (χ2v) is 6.42. The quantitative estimate of drug-likeness (QED) is 0.901. The molecule has 18 heavy (non-hydrogen) atoms. The van der Waals surface area contributed by atoms with Crippen LogP contribution in [0.4, 0.5) is 5.82 Å². The number of aryl methyl sites for hydroxylation is 1. The van der Waals surface area contributed by atoms with Crippen molar-refractivity contribution < 1.29 is 4.79 Å². The Morgan fingerprint density at radius 2 is 1.89 bits per heavy atom. The van der Waals surface area contributed by atoms with Crippen molar-refractivity contribution in [1.82, 2.24) is 4.98 Å². The molecule has 100 valence electrons. The molecule has 0 saturated heterocycles. The molecule has 0 unspecified atom stereocenters. The van der Waals surface area contributed by atoms with Gasteiger partial charge in [-0.3, -0.25) is 4.79 Å². The molecule has 5 heteroatoms. The molecule has 1 aromatic heterocycles. The van der Waals surface area contributed by atoms with E-state index in [1.165, 1.54) is 0 Å². The summed E-state index contributed by atoms with van der Waals surface area (Å²) in [6, 6.07) is 3.62. The standard InChI is InChI=1S/C13H20BrN3O/c1-8-9(14)6-7-10(16-8)17-11(18)12(2,3)13(4,5)15/h6-7H,15H2,1-5H3,(H,16,17,18). The molecule has 4 nitrogen and oxygen atoms in total. The number of amides is 1. The van der Waals surface area contributed by atoms with Crippen LogP contribution >= 0.6 is 15.9 Å². The zero-order valence-corrected chi connectivity index (χ0v) is 13.1. The molecule has 1 rings (SSSR count). The average Bonchev–Trinajstić information content (AvgIpc) is 2.21. The van der Waals surface area contributed by atoms with Gasteiger partial charge in [-0.15, -0.1) is 0 Å². The van der Waals surface area contributed by atoms with Crippen LogP contribution in [0.5, 0.6) is 0 Å². The van der Waals surface area contributed by atoms with Crippen molar-refractivity contribution in [2.75, 3.05) is 5.32 Å². The van der Waals surface area contributed by atoms with E-state index in [9.17, 15) is 4.79 Å². The maximum atomic E-state index is 12.2. The Morgan fingerprint density at radius 3 is 2.33 bits per heavy atom. The number of carbonyl (C=O) groups is 1. The number of hydrogen-bond donors (Lipinski definition) is 2. The van der Waals surface area contributed by atoms with Gasteiger partial charge in [-0.2, -0.15) is 0 Å². The van der Waals surface area contributed by atoms with Crippen LogP contribution in [0.15, 0.2) is 16.6 Å². The van der Waals surface area contributed by atoms with Crippen LogP contribution in [-0.2, 0) is 4.79 Å². The normalized spacial score (nSPS) is 12.4. The molecule has 0 radical (unpaired) electrons. The van der Waals surface area contributed by atoms with Gasteiger partial charge in [0.05, 0.1) is 11.1 Å². The fourth-order valence-corrected chi connectivity index (χ4v) is 1.40. The first kappa shape index (κ1) is 15.1. The van der Waals surface area contributed by atoms with Gasteiger partial charge in [-0.05, 0) is 62.7 Å². The van der Waals surface area contributed by atoms with Crippen molar-refractivity contribution in [2.45, 2.75) is 40.2 Å². The highest BCUT2D eigenvalue weighted by atomic mass is 79.9. The highest BCUT2D eigenvalue weighted by Gasteiger charge is 2.40. The van der Waals surface area contributed by atoms with Gasteiger partial charge in [0.1, 0.15) is 5.82 Å². The van der Waals surface area contributed by atoms with Gasteiger partial charge in [0.25, 0.3) is 0 Å². The molecule has 0 aliphatic heterocycles. The molecule has 1 aromatic rings. The first-order valence-electron chi connectivity index (χ1n) is 5.79. The van der Waals surface area contributed by atoms with E-state index in [0.717, 1.165) is 10.2 Å². The largest absolute Gasteiger partial charge is 0.325 e. The Labute approximate surface area is 116 Å². The summed E-state index contributed by atoms with van der Waals surface area (Å²) in [4.78, 5) is 16.5. The van der Waals surface area contributed by atoms with E-state index in [-0.39, 0.29) is 5.91 Å². The number of rotatable bonds is 3. The van der Waals surface area contributed by atoms with Crippen molar-refractivity contribution in [3.05, 3.63) is 22.3 Å². The second-order valence-electron chi connectivity index (χ2n) is 5.56. The van der Waals surface area contributed by atoms with E-state index in [2.05, 4.69) is 26.2 Å². The first-order chi connectivity index (χ1) is 8.05. The molecule has 0 aromatic carbocycles. The van der Waals surface area contributed by atoms with E-state index in [1.807, 2.05) is 40.7 Å². The number of hydrogen-bond acceptors (Lipinski definition) is 3. The molecule has 1 heterocycles. The molecular weight excluding hydrogens is 294 g/mol. The summed E-state index contributed by atoms with van der Waals surface area (Å²) in [6.07, 6.45) is 0. The van der Waals surface area contributed by atoms with Gasteiger partial charge >= 0.3 is 0 Å². The van der Waals surface area contributed by atoms with Crippen LogP contribution in [-0.4, -0.2) is 16.4 Å². The Morgan fingerprint density at radius 1 is 1.33 bits per heavy atom. The summed E-state index contributed by atoms with van der Waals surface area (Å²) in [5.41, 5.74) is 5.57. The number of nitrogens with one attached hydrogen (secondary N) is 1. The van der Waals surface area contributed by atoms with Crippen LogP contribution in [0, 0.1) is 12.3 Å². The smallest absolute Gasteiger partial charge is 0.233 e. The Balaban J connectivity index is 2.91. The van der Waals surface area contributed by atoms with Crippen molar-refractivity contribution in [3.63, 3.8) is 0 Å². The molecule has 0 aliphatic rings. The van der Waals surface area contributed by atoms with Gasteiger partial charge in [-0.25, -0.2) is 4.98 Å². The molecular formula is C13H20BrN3O. The minimum atomic E-state index is -0.685. The first-order valence-corrected chi connectivity index (χ1v) is 6.58. The molecule has 0 aliphatic carbocycles. The Kier molecular flexibility index (Phi) is 4.18. The average molecular weight is 314 g/mol. The van der Waals surface area contributed by atoms with Crippen molar-refractivity contribution in [2.24, 2.45) is 11.1 Å². The van der Waals surface area contributed by atoms with Gasteiger partial charge in [-0.1, -0.05) is 0 Å². The Hall–Kier alpha value is -0.940. The molecule has 1 amide bonds. The minimum Gasteiger partial charge on any atom is -0.325 e. The van der Waals surface area contributed by atoms with Crippen LogP contribution in [0.25, 0.3) is 0 Å². The number of carbonyl (C=O) groups excluding carboxylic acids is 1. The van der Waals surface area contributed by atoms with E-state index in [4.69, 9.17) is 5.73 Å². The number of aromatic nitrogens is 1. The fraction of sp³-hybridized carbons (Fsp3) is 0.538. The third kappa shape index (κ3) is 3.09. The number of nitrogens with zero attached hydrogens (tertiary/aromatic N) is 1. The number of pyridine rings is 1. The third-order valence-corrected chi connectivity index (χ3v) is 4.28. The van der Waals surface area contributed by atoms with E-state index in [0.29, 0.717) is 5.82 Å². The molecule has 0 atom stereocenters. The highest BCUT2D eigenvalue weighted by molar-refractivity contribution is 9.10. The predicted octanol–water partition coefficient (Wildman–Crippen LogP) is 2.85. The summed E-state index contributed by atoms with van der Waals surface area (Å²) >= 11 is 3.37. The summed E-state index contributed by atoms with van der Waals surface area (Å²) < 4.78 is 0.916. The van der Waals surface area contributed by atoms with Gasteiger partial charge < -0.3 is 11.1 Å². The maximum Gasteiger partial charge on any atom is 0.233 e. The van der Waals surface area contributed by atoms with Crippen LogP contribution in [0.3, 0.4) is 0 Å². The third-order valence-electron chi connectivity index (χ3n) is 3.44. The maximum absolute atomic E-state index is 12.2. The topological polar surface area (TPSA) is 68.0 Å². The molecule has 0 saturated carbocycles. The lowest BCUT2D eigenvalue weighted by Crippen LogP contribution is -2.53. The number of halogens is 1. The summed E-state index contributed by atoms with van der Waals surface area (Å²) in [6.45, 7) is 9.21. The fourth-order valence-electron chi connectivity index (χ4n) is 1.18. The molecule has 0 bridgehead atoms. The number of anilines is 1. The van der Waals surface area contributed by atoms with Crippen LogP contribution in [0.1, 0.15) is 33.4 Å². The van der Waals surface area contributed by atoms with E-state index >= 15 is 0 Å². The summed E-state index contributed by atoms with van der Waals surface area (Å²) in [5, 5.41) is 2.81. The van der Waals surface area contributed by atoms with Gasteiger partial charge in [0.15, 0.2) is 0 Å². The lowest BCUT2D eigenvalue weighted by Gasteiger charge is -2.36. The molecule has 0 spiro atoms. The zero-order valence-electron chi connectivity index (χ0n) is 11.5. The summed E-state index contributed by atoms with van der Waals surface area (Å²) in [5.74, 6) is 0.405. The highest BCUT2D eigenvalue weighted by Crippen LogP contribution is 2.29. The van der Waals surface area contributed by atoms with E-state index in [1.54, 1.807) is 6.07 Å². The summed E-state index contributed by atoms with van der Waals surface area (Å²) in [7, 11) is 0. The van der Waals surface area contributed by atoms with Crippen molar-refractivity contribution in [3.8, 4) is 0 Å². The van der Waals surface area contributed by atoms with E-state index < -0.39 is 11.0 Å². The van der Waals surface area contributed by atoms with Gasteiger partial charge in [0, 0.05) is 10.0 Å². The van der Waals surface area contributed by atoms with Gasteiger partial charge in [0.2, 0.25) is 5.91 Å². The molecule has 0 fully saturated rings. The zero-order chi connectivity index (χ0) is 14.1. The van der Waals surface area contributed by atoms with Crippen molar-refractivity contribution >= 4 is 27.7 Å². The van der Waals surface area contributed by atoms with Crippen LogP contribution in [0.2, 0.25) is 0 Å². The van der Waals surface area contributed by atoms with Crippen LogP contribution < -0.4 is 11.1 Å². The van der Waals surface area contributed by atoms with Crippen molar-refractivity contribution in [1.29, 1.82) is 0 Å². The lowest BCUT2D eigenvalue weighted by molar-refractivity contribution is -0.126. The Bertz CT molecular complexity index is 464. The minimum absolute atomic E-state index is 0.135. The number of nitrogens with two attached hydrogens (primary N) is 1. The SMILES string of the molecule is Cc1nc(NC(=O)C(C)(C)C(C)(C)N)ccc1Br. The second kappa shape index (κ2) is 4.97.